The molecule has 0 saturated heterocycles. The lowest BCUT2D eigenvalue weighted by molar-refractivity contribution is 1.21. The van der Waals surface area contributed by atoms with Crippen LogP contribution in [0.25, 0.3) is 45.0 Å². The van der Waals surface area contributed by atoms with E-state index < -0.39 is 0 Å². The van der Waals surface area contributed by atoms with E-state index in [9.17, 15) is 0 Å². The van der Waals surface area contributed by atoms with Crippen LogP contribution in [0, 0.1) is 0 Å². The van der Waals surface area contributed by atoms with Gasteiger partial charge in [-0.1, -0.05) is 121 Å². The van der Waals surface area contributed by atoms with Crippen LogP contribution >= 0.6 is 0 Å². The van der Waals surface area contributed by atoms with Crippen LogP contribution in [0.15, 0.2) is 146 Å². The Labute approximate surface area is 211 Å². The normalized spacial score (nSPS) is 10.2. The van der Waals surface area contributed by atoms with E-state index in [1.165, 1.54) is 0 Å². The van der Waals surface area contributed by atoms with E-state index in [1.54, 1.807) is 24.8 Å². The van der Waals surface area contributed by atoms with Gasteiger partial charge in [-0.3, -0.25) is 19.9 Å². The molecule has 4 aromatic carbocycles. The molecule has 0 saturated carbocycles. The Morgan fingerprint density at radius 1 is 0.250 bits per heavy atom. The summed E-state index contributed by atoms with van der Waals surface area (Å²) in [4.78, 5) is 17.9. The van der Waals surface area contributed by atoms with Gasteiger partial charge in [0.05, 0.1) is 22.8 Å². The number of aromatic nitrogens is 4. The minimum atomic E-state index is 0.921. The van der Waals surface area contributed by atoms with Crippen LogP contribution < -0.4 is 0 Å². The largest absolute Gasteiger partial charge is 0.252 e. The third kappa shape index (κ3) is 5.40. The Hall–Kier alpha value is -4.96. The molecule has 6 aromatic rings. The van der Waals surface area contributed by atoms with Crippen molar-refractivity contribution in [1.29, 1.82) is 0 Å². The van der Waals surface area contributed by atoms with E-state index in [-0.39, 0.29) is 0 Å². The monoisotopic (exact) mass is 464 g/mol. The molecule has 4 nitrogen and oxygen atoms in total. The van der Waals surface area contributed by atoms with Gasteiger partial charge in [0.2, 0.25) is 0 Å². The lowest BCUT2D eigenvalue weighted by Crippen LogP contribution is -1.91. The van der Waals surface area contributed by atoms with Crippen LogP contribution in [0.3, 0.4) is 0 Å². The first kappa shape index (κ1) is 22.8. The van der Waals surface area contributed by atoms with Crippen molar-refractivity contribution in [2.75, 3.05) is 0 Å². The van der Waals surface area contributed by atoms with E-state index in [0.717, 1.165) is 45.0 Å². The second-order valence-electron chi connectivity index (χ2n) is 7.97. The van der Waals surface area contributed by atoms with E-state index in [0.29, 0.717) is 0 Å². The van der Waals surface area contributed by atoms with Gasteiger partial charge in [-0.15, -0.1) is 0 Å². The summed E-state index contributed by atoms with van der Waals surface area (Å²) in [5.41, 5.74) is 8.03. The zero-order chi connectivity index (χ0) is 24.4. The molecular weight excluding hydrogens is 440 g/mol. The van der Waals surface area contributed by atoms with Gasteiger partial charge >= 0.3 is 0 Å². The van der Waals surface area contributed by atoms with Crippen LogP contribution in [-0.4, -0.2) is 19.9 Å². The summed E-state index contributed by atoms with van der Waals surface area (Å²) < 4.78 is 0. The van der Waals surface area contributed by atoms with Crippen molar-refractivity contribution in [1.82, 2.24) is 19.9 Å². The zero-order valence-corrected chi connectivity index (χ0v) is 19.6. The molecule has 0 atom stereocenters. The highest BCUT2D eigenvalue weighted by Gasteiger charge is 2.09. The molecule has 0 amide bonds. The van der Waals surface area contributed by atoms with E-state index in [2.05, 4.69) is 68.5 Å². The molecule has 0 aliphatic rings. The van der Waals surface area contributed by atoms with Gasteiger partial charge in [0.15, 0.2) is 0 Å². The maximum atomic E-state index is 4.46. The highest BCUT2D eigenvalue weighted by Crippen LogP contribution is 2.28. The first-order valence-corrected chi connectivity index (χ1v) is 11.7. The summed E-state index contributed by atoms with van der Waals surface area (Å²) in [6.45, 7) is 0. The van der Waals surface area contributed by atoms with Gasteiger partial charge < -0.3 is 0 Å². The number of hydrogen-bond acceptors (Lipinski definition) is 4. The first-order chi connectivity index (χ1) is 17.9. The molecule has 0 aliphatic carbocycles. The van der Waals surface area contributed by atoms with Crippen LogP contribution in [0.5, 0.6) is 0 Å². The molecule has 0 spiro atoms. The molecule has 0 bridgehead atoms. The third-order valence-corrected chi connectivity index (χ3v) is 5.59. The van der Waals surface area contributed by atoms with E-state index in [4.69, 9.17) is 0 Å². The van der Waals surface area contributed by atoms with Crippen LogP contribution in [0.4, 0.5) is 0 Å². The van der Waals surface area contributed by atoms with Crippen LogP contribution in [0.2, 0.25) is 0 Å². The van der Waals surface area contributed by atoms with Crippen molar-refractivity contribution in [2.45, 2.75) is 0 Å². The molecule has 0 radical (unpaired) electrons. The highest BCUT2D eigenvalue weighted by atomic mass is 14.8. The van der Waals surface area contributed by atoms with Gasteiger partial charge in [0, 0.05) is 47.0 Å². The van der Waals surface area contributed by atoms with Crippen molar-refractivity contribution in [3.8, 4) is 45.0 Å². The third-order valence-electron chi connectivity index (χ3n) is 5.59. The highest BCUT2D eigenvalue weighted by molar-refractivity contribution is 5.78. The van der Waals surface area contributed by atoms with E-state index in [1.807, 2.05) is 72.8 Å². The average Bonchev–Trinajstić information content (AvgIpc) is 2.99. The first-order valence-electron chi connectivity index (χ1n) is 11.7. The van der Waals surface area contributed by atoms with Crippen LogP contribution in [0.1, 0.15) is 0 Å². The quantitative estimate of drug-likeness (QED) is 0.269. The fraction of sp³-hybridized carbons (Fsp3) is 0. The second kappa shape index (κ2) is 11.4. The maximum Gasteiger partial charge on any atom is 0.0965 e. The van der Waals surface area contributed by atoms with Crippen molar-refractivity contribution >= 4 is 0 Å². The summed E-state index contributed by atoms with van der Waals surface area (Å²) in [5.74, 6) is 0. The summed E-state index contributed by atoms with van der Waals surface area (Å²) in [6.07, 6.45) is 6.92. The van der Waals surface area contributed by atoms with Crippen molar-refractivity contribution in [3.63, 3.8) is 0 Å². The van der Waals surface area contributed by atoms with Gasteiger partial charge in [-0.25, -0.2) is 0 Å². The minimum Gasteiger partial charge on any atom is -0.252 e. The number of nitrogens with zero attached hydrogens (tertiary/aromatic N) is 4. The molecule has 0 fully saturated rings. The van der Waals surface area contributed by atoms with Gasteiger partial charge in [0.1, 0.15) is 0 Å². The van der Waals surface area contributed by atoms with Crippen molar-refractivity contribution in [2.24, 2.45) is 0 Å². The summed E-state index contributed by atoms with van der Waals surface area (Å²) in [7, 11) is 0. The molecule has 0 aliphatic heterocycles. The average molecular weight is 465 g/mol. The van der Waals surface area contributed by atoms with Crippen molar-refractivity contribution < 1.29 is 0 Å². The van der Waals surface area contributed by atoms with Crippen LogP contribution in [-0.2, 0) is 0 Å². The second-order valence-corrected chi connectivity index (χ2v) is 7.97. The number of rotatable bonds is 4. The van der Waals surface area contributed by atoms with Gasteiger partial charge in [-0.2, -0.15) is 0 Å². The molecule has 2 heterocycles. The summed E-state index contributed by atoms with van der Waals surface area (Å²) in [6, 6.07) is 40.5. The molecule has 0 unspecified atom stereocenters. The lowest BCUT2D eigenvalue weighted by atomic mass is 10.0. The molecule has 36 heavy (non-hydrogen) atoms. The minimum absolute atomic E-state index is 0.921. The van der Waals surface area contributed by atoms with Gasteiger partial charge in [-0.05, 0) is 0 Å². The van der Waals surface area contributed by atoms with Crippen molar-refractivity contribution in [3.05, 3.63) is 146 Å². The molecule has 172 valence electrons. The Morgan fingerprint density at radius 3 is 0.639 bits per heavy atom. The molecule has 6 rings (SSSR count). The predicted octanol–water partition coefficient (Wildman–Crippen LogP) is 7.62. The van der Waals surface area contributed by atoms with E-state index >= 15 is 0 Å². The SMILES string of the molecule is c1ccc(-c2nccnc2-c2ccccc2)cc1.c1ccc(-c2nccnc2-c2ccccc2)cc1. The number of hydrogen-bond donors (Lipinski definition) is 0. The molecule has 0 N–H and O–H groups in total. The molecule has 2 aromatic heterocycles. The number of benzene rings is 4. The smallest absolute Gasteiger partial charge is 0.0965 e. The molecular formula is C32H24N4. The predicted molar refractivity (Wildman–Crippen MR) is 146 cm³/mol. The Bertz CT molecular complexity index is 1270. The molecule has 4 heteroatoms. The Kier molecular flexibility index (Phi) is 7.26. The Balaban J connectivity index is 0.000000148. The zero-order valence-electron chi connectivity index (χ0n) is 19.6. The maximum absolute atomic E-state index is 4.46. The standard InChI is InChI=1S/2C16H12N2/c2*1-3-7-13(8-4-1)15-16(18-12-11-17-15)14-9-5-2-6-10-14/h2*1-12H. The fourth-order valence-corrected chi connectivity index (χ4v) is 3.91. The van der Waals surface area contributed by atoms with Gasteiger partial charge in [0.25, 0.3) is 0 Å². The topological polar surface area (TPSA) is 51.6 Å². The fourth-order valence-electron chi connectivity index (χ4n) is 3.91. The summed E-state index contributed by atoms with van der Waals surface area (Å²) in [5, 5.41) is 0. The lowest BCUT2D eigenvalue weighted by Gasteiger charge is -2.07. The Morgan fingerprint density at radius 2 is 0.444 bits per heavy atom. The summed E-state index contributed by atoms with van der Waals surface area (Å²) >= 11 is 0.